The Balaban J connectivity index is 0.00000341. The van der Waals surface area contributed by atoms with Crippen LogP contribution in [0.5, 0.6) is 5.75 Å². The van der Waals surface area contributed by atoms with Gasteiger partial charge in [-0.15, -0.1) is 0 Å². The topological polar surface area (TPSA) is 78.9 Å². The lowest BCUT2D eigenvalue weighted by Crippen LogP contribution is -2.38. The maximum atomic E-state index is 13.4. The SMILES string of the molecule is CC.CC/C=C(\C)CN(CCO/C(C)=C/C(C)CC)c1cc(C(=O)NC(C=O)Cc2ccc(O)cc2)ccc1CC(C)CC.CCCC. The highest BCUT2D eigenvalue weighted by atomic mass is 16.5. The molecule has 6 nitrogen and oxygen atoms in total. The van der Waals surface area contributed by atoms with Crippen molar-refractivity contribution in [1.82, 2.24) is 5.32 Å². The van der Waals surface area contributed by atoms with Gasteiger partial charge in [0.15, 0.2) is 0 Å². The van der Waals surface area contributed by atoms with Crippen LogP contribution in [0.15, 0.2) is 65.9 Å². The number of aldehydes is 1. The van der Waals surface area contributed by atoms with Crippen LogP contribution < -0.4 is 10.2 Å². The van der Waals surface area contributed by atoms with Gasteiger partial charge in [0.2, 0.25) is 0 Å². The number of hydrogen-bond acceptors (Lipinski definition) is 5. The Morgan fingerprint density at radius 1 is 0.938 bits per heavy atom. The van der Waals surface area contributed by atoms with Crippen molar-refractivity contribution in [2.75, 3.05) is 24.6 Å². The third-order valence-electron chi connectivity index (χ3n) is 8.17. The van der Waals surface area contributed by atoms with Gasteiger partial charge >= 0.3 is 0 Å². The van der Waals surface area contributed by atoms with Gasteiger partial charge in [0.05, 0.1) is 18.3 Å². The van der Waals surface area contributed by atoms with Gasteiger partial charge < -0.3 is 24.9 Å². The number of carbonyl (C=O) groups excluding carboxylic acids is 2. The highest BCUT2D eigenvalue weighted by Crippen LogP contribution is 2.27. The number of benzene rings is 2. The molecule has 1 amide bonds. The first-order valence-electron chi connectivity index (χ1n) is 18.4. The molecule has 2 N–H and O–H groups in total. The summed E-state index contributed by atoms with van der Waals surface area (Å²) in [4.78, 5) is 27.6. The smallest absolute Gasteiger partial charge is 0.251 e. The molecular formula is C42H68N2O4. The summed E-state index contributed by atoms with van der Waals surface area (Å²) in [6, 6.07) is 11.9. The normalized spacial score (nSPS) is 13.1. The number of hydrogen-bond donors (Lipinski definition) is 2. The minimum atomic E-state index is -0.676. The molecule has 0 saturated heterocycles. The van der Waals surface area contributed by atoms with E-state index < -0.39 is 6.04 Å². The number of anilines is 1. The Morgan fingerprint density at radius 2 is 1.58 bits per heavy atom. The Bertz CT molecular complexity index is 1220. The van der Waals surface area contributed by atoms with Gasteiger partial charge in [-0.1, -0.05) is 111 Å². The van der Waals surface area contributed by atoms with Gasteiger partial charge in [0.25, 0.3) is 5.91 Å². The summed E-state index contributed by atoms with van der Waals surface area (Å²) >= 11 is 0. The van der Waals surface area contributed by atoms with Gasteiger partial charge in [0.1, 0.15) is 18.6 Å². The van der Waals surface area contributed by atoms with Crippen LogP contribution in [0, 0.1) is 11.8 Å². The number of aromatic hydroxyl groups is 1. The molecule has 48 heavy (non-hydrogen) atoms. The molecule has 0 aliphatic carbocycles. The van der Waals surface area contributed by atoms with Crippen molar-refractivity contribution in [2.45, 2.75) is 127 Å². The summed E-state index contributed by atoms with van der Waals surface area (Å²) in [6.07, 6.45) is 12.2. The summed E-state index contributed by atoms with van der Waals surface area (Å²) in [6.45, 7) is 25.4. The number of unbranched alkanes of at least 4 members (excludes halogenated alkanes) is 1. The van der Waals surface area contributed by atoms with Crippen molar-refractivity contribution in [1.29, 1.82) is 0 Å². The minimum absolute atomic E-state index is 0.163. The third kappa shape index (κ3) is 18.1. The van der Waals surface area contributed by atoms with Crippen molar-refractivity contribution in [3.8, 4) is 5.75 Å². The number of phenols is 1. The van der Waals surface area contributed by atoms with Crippen molar-refractivity contribution in [2.24, 2.45) is 11.8 Å². The lowest BCUT2D eigenvalue weighted by Gasteiger charge is -2.29. The van der Waals surface area contributed by atoms with Crippen molar-refractivity contribution >= 4 is 17.9 Å². The summed E-state index contributed by atoms with van der Waals surface area (Å²) in [5.41, 5.74) is 4.88. The molecule has 0 aromatic heterocycles. The van der Waals surface area contributed by atoms with Crippen LogP contribution in [0.2, 0.25) is 0 Å². The maximum absolute atomic E-state index is 13.4. The average molecular weight is 665 g/mol. The predicted molar refractivity (Wildman–Crippen MR) is 206 cm³/mol. The van der Waals surface area contributed by atoms with Crippen LogP contribution in [-0.2, 0) is 22.4 Å². The van der Waals surface area contributed by atoms with E-state index in [2.05, 4.69) is 83.8 Å². The molecule has 0 radical (unpaired) electrons. The van der Waals surface area contributed by atoms with Crippen LogP contribution in [-0.4, -0.2) is 43.0 Å². The van der Waals surface area contributed by atoms with Gasteiger partial charge in [-0.2, -0.15) is 0 Å². The van der Waals surface area contributed by atoms with Gasteiger partial charge in [-0.05, 0) is 92.8 Å². The molecule has 2 aromatic carbocycles. The van der Waals surface area contributed by atoms with Crippen molar-refractivity contribution in [3.05, 3.63) is 82.6 Å². The fourth-order valence-corrected chi connectivity index (χ4v) is 4.84. The lowest BCUT2D eigenvalue weighted by atomic mass is 9.95. The molecule has 6 heteroatoms. The second-order valence-electron chi connectivity index (χ2n) is 12.5. The summed E-state index contributed by atoms with van der Waals surface area (Å²) in [7, 11) is 0. The quantitative estimate of drug-likeness (QED) is 0.0888. The molecule has 270 valence electrons. The van der Waals surface area contributed by atoms with Crippen LogP contribution in [0.3, 0.4) is 0 Å². The van der Waals surface area contributed by atoms with Crippen LogP contribution in [0.4, 0.5) is 5.69 Å². The zero-order valence-corrected chi connectivity index (χ0v) is 32.2. The van der Waals surface area contributed by atoms with E-state index in [9.17, 15) is 14.7 Å². The monoisotopic (exact) mass is 665 g/mol. The molecule has 0 aliphatic rings. The van der Waals surface area contributed by atoms with Gasteiger partial charge in [-0.25, -0.2) is 0 Å². The molecule has 2 rings (SSSR count). The highest BCUT2D eigenvalue weighted by Gasteiger charge is 2.19. The number of ether oxygens (including phenoxy) is 1. The van der Waals surface area contributed by atoms with E-state index in [1.165, 1.54) is 24.0 Å². The zero-order chi connectivity index (χ0) is 36.5. The summed E-state index contributed by atoms with van der Waals surface area (Å²) in [5, 5.41) is 12.5. The van der Waals surface area contributed by atoms with Crippen molar-refractivity contribution < 1.29 is 19.4 Å². The van der Waals surface area contributed by atoms with E-state index in [1.807, 2.05) is 32.9 Å². The van der Waals surface area contributed by atoms with E-state index in [0.29, 0.717) is 37.0 Å². The summed E-state index contributed by atoms with van der Waals surface area (Å²) in [5.74, 6) is 1.78. The van der Waals surface area contributed by atoms with Gasteiger partial charge in [-0.3, -0.25) is 4.79 Å². The standard InChI is InChI=1S/C36H52N2O4.C4H10.C2H6/c1-8-11-28(6)24-38(18-19-42-29(7)20-26(4)9-2)35-23-32(15-14-31(35)21-27(5)10-3)36(41)37-33(25-39)22-30-12-16-34(40)17-13-30;1-3-4-2;1-2/h11-17,20,23,25-27,33,40H,8-10,18-19,21-22,24H2,1-7H3,(H,37,41);3-4H2,1-2H3;1-2H3/b28-11+,29-20+;;. The molecule has 0 spiro atoms. The minimum Gasteiger partial charge on any atom is -0.508 e. The highest BCUT2D eigenvalue weighted by molar-refractivity contribution is 5.96. The first-order valence-corrected chi connectivity index (χ1v) is 18.4. The Kier molecular flexibility index (Phi) is 24.5. The third-order valence-corrected chi connectivity index (χ3v) is 8.17. The van der Waals surface area contributed by atoms with Gasteiger partial charge in [0, 0.05) is 17.8 Å². The van der Waals surface area contributed by atoms with Crippen LogP contribution in [0.1, 0.15) is 130 Å². The number of rotatable bonds is 19. The van der Waals surface area contributed by atoms with E-state index in [1.54, 1.807) is 24.3 Å². The molecule has 0 saturated carbocycles. The van der Waals surface area contributed by atoms with Crippen LogP contribution >= 0.6 is 0 Å². The molecular weight excluding hydrogens is 596 g/mol. The molecule has 2 aromatic rings. The van der Waals surface area contributed by atoms with E-state index >= 15 is 0 Å². The molecule has 0 fully saturated rings. The summed E-state index contributed by atoms with van der Waals surface area (Å²) < 4.78 is 6.13. The molecule has 3 atom stereocenters. The lowest BCUT2D eigenvalue weighted by molar-refractivity contribution is -0.109. The zero-order valence-electron chi connectivity index (χ0n) is 32.2. The second-order valence-corrected chi connectivity index (χ2v) is 12.5. The number of nitrogens with one attached hydrogen (secondary N) is 1. The second kappa shape index (κ2) is 26.4. The molecule has 0 aliphatic heterocycles. The number of nitrogens with zero attached hydrogens (tertiary/aromatic N) is 1. The fraction of sp³-hybridized carbons (Fsp3) is 0.571. The maximum Gasteiger partial charge on any atom is 0.251 e. The average Bonchev–Trinajstić information content (AvgIpc) is 3.09. The number of amides is 1. The largest absolute Gasteiger partial charge is 0.508 e. The Hall–Kier alpha value is -3.54. The number of phenolic OH excluding ortho intramolecular Hbond substituents is 1. The van der Waals surface area contributed by atoms with E-state index in [0.717, 1.165) is 55.5 Å². The first-order chi connectivity index (χ1) is 23.0. The Morgan fingerprint density at radius 3 is 2.12 bits per heavy atom. The molecule has 3 unspecified atom stereocenters. The molecule has 0 heterocycles. The Labute approximate surface area is 294 Å². The number of allylic oxidation sites excluding steroid dienone is 3. The van der Waals surface area contributed by atoms with E-state index in [4.69, 9.17) is 4.74 Å². The first kappa shape index (κ1) is 44.5. The number of carbonyl (C=O) groups is 2. The van der Waals surface area contributed by atoms with E-state index in [-0.39, 0.29) is 11.7 Å². The predicted octanol–water partition coefficient (Wildman–Crippen LogP) is 10.5. The molecule has 0 bridgehead atoms. The fourth-order valence-electron chi connectivity index (χ4n) is 4.84. The van der Waals surface area contributed by atoms with Crippen molar-refractivity contribution in [3.63, 3.8) is 0 Å². The van der Waals surface area contributed by atoms with Crippen LogP contribution in [0.25, 0.3) is 0 Å².